The van der Waals surface area contributed by atoms with Crippen LogP contribution in [0.5, 0.6) is 0 Å². The zero-order valence-electron chi connectivity index (χ0n) is 13.5. The third kappa shape index (κ3) is 2.72. The molecule has 0 saturated carbocycles. The van der Waals surface area contributed by atoms with E-state index in [4.69, 9.17) is 0 Å². The number of hydrogen-bond acceptors (Lipinski definition) is 6. The van der Waals surface area contributed by atoms with Gasteiger partial charge in [0.25, 0.3) is 11.8 Å². The van der Waals surface area contributed by atoms with Crippen molar-refractivity contribution in [1.82, 2.24) is 10.2 Å². The molecular weight excluding hydrogens is 357 g/mol. The molecule has 0 saturated heterocycles. The summed E-state index contributed by atoms with van der Waals surface area (Å²) in [5.41, 5.74) is -2.58. The van der Waals surface area contributed by atoms with Crippen LogP contribution >= 0.6 is 0 Å². The van der Waals surface area contributed by atoms with Gasteiger partial charge in [-0.1, -0.05) is 36.2 Å². The molecule has 136 valence electrons. The van der Waals surface area contributed by atoms with Gasteiger partial charge in [0.2, 0.25) is 5.69 Å². The zero-order valence-corrected chi connectivity index (χ0v) is 13.5. The Bertz CT molecular complexity index is 882. The highest BCUT2D eigenvalue weighted by molar-refractivity contribution is 6.21. The summed E-state index contributed by atoms with van der Waals surface area (Å²) >= 11 is 0. The normalized spacial score (nSPS) is 14.2. The van der Waals surface area contributed by atoms with E-state index < -0.39 is 41.1 Å². The molecular formula is C16H11F3N2O5. The van der Waals surface area contributed by atoms with Crippen LogP contribution in [0.25, 0.3) is 0 Å². The fraction of sp³-hybridized carbons (Fsp3) is 0.250. The lowest BCUT2D eigenvalue weighted by molar-refractivity contribution is -0.143. The number of aromatic nitrogens is 1. The monoisotopic (exact) mass is 368 g/mol. The second-order valence-electron chi connectivity index (χ2n) is 5.75. The van der Waals surface area contributed by atoms with Gasteiger partial charge in [-0.2, -0.15) is 13.2 Å². The minimum Gasteiger partial charge on any atom is -0.360 e. The van der Waals surface area contributed by atoms with Gasteiger partial charge in [-0.15, -0.1) is 0 Å². The molecule has 2 amide bonds. The number of alkyl halides is 3. The van der Waals surface area contributed by atoms with Gasteiger partial charge in [0.15, 0.2) is 5.76 Å². The first-order valence-corrected chi connectivity index (χ1v) is 7.39. The molecule has 10 heteroatoms. The van der Waals surface area contributed by atoms with Crippen molar-refractivity contribution in [2.45, 2.75) is 25.9 Å². The average molecular weight is 368 g/mol. The van der Waals surface area contributed by atoms with Gasteiger partial charge in [0.1, 0.15) is 5.56 Å². The predicted octanol–water partition coefficient (Wildman–Crippen LogP) is 3.18. The van der Waals surface area contributed by atoms with Crippen LogP contribution in [-0.4, -0.2) is 28.0 Å². The number of carbonyl (C=O) groups is 3. The van der Waals surface area contributed by atoms with Gasteiger partial charge >= 0.3 is 12.1 Å². The molecule has 1 aromatic heterocycles. The second kappa shape index (κ2) is 5.97. The quantitative estimate of drug-likeness (QED) is 0.773. The summed E-state index contributed by atoms with van der Waals surface area (Å²) in [6.07, 6.45) is -4.98. The van der Waals surface area contributed by atoms with Crippen molar-refractivity contribution in [2.75, 3.05) is 0 Å². The van der Waals surface area contributed by atoms with Crippen LogP contribution in [0.15, 0.2) is 28.8 Å². The number of hydrogen-bond donors (Lipinski definition) is 0. The predicted molar refractivity (Wildman–Crippen MR) is 78.0 cm³/mol. The highest BCUT2D eigenvalue weighted by Gasteiger charge is 2.45. The smallest absolute Gasteiger partial charge is 0.360 e. The maximum absolute atomic E-state index is 13.1. The van der Waals surface area contributed by atoms with Crippen LogP contribution in [0.4, 0.5) is 13.2 Å². The number of nitrogens with zero attached hydrogens (tertiary/aromatic N) is 2. The SMILES string of the molecule is CC(C)c1onc(C(F)(F)F)c1C(=O)ON1C(=O)c2ccccc2C1=O. The van der Waals surface area contributed by atoms with Crippen LogP contribution in [0.3, 0.4) is 0 Å². The zero-order chi connectivity index (χ0) is 19.2. The molecule has 0 fully saturated rings. The van der Waals surface area contributed by atoms with Gasteiger partial charge in [-0.05, 0) is 12.1 Å². The summed E-state index contributed by atoms with van der Waals surface area (Å²) in [7, 11) is 0. The Morgan fingerprint density at radius 3 is 2.15 bits per heavy atom. The molecule has 0 N–H and O–H groups in total. The fourth-order valence-corrected chi connectivity index (χ4v) is 2.47. The minimum atomic E-state index is -4.98. The van der Waals surface area contributed by atoms with E-state index in [9.17, 15) is 27.6 Å². The topological polar surface area (TPSA) is 89.7 Å². The highest BCUT2D eigenvalue weighted by Crippen LogP contribution is 2.36. The number of carbonyl (C=O) groups excluding carboxylic acids is 3. The molecule has 3 rings (SSSR count). The Morgan fingerprint density at radius 2 is 1.69 bits per heavy atom. The van der Waals surface area contributed by atoms with E-state index in [1.165, 1.54) is 38.1 Å². The lowest BCUT2D eigenvalue weighted by atomic mass is 10.0. The molecule has 2 aromatic rings. The lowest BCUT2D eigenvalue weighted by Crippen LogP contribution is -2.33. The van der Waals surface area contributed by atoms with E-state index in [2.05, 4.69) is 14.5 Å². The molecule has 0 radical (unpaired) electrons. The minimum absolute atomic E-state index is 0.0178. The van der Waals surface area contributed by atoms with Crippen molar-refractivity contribution in [3.8, 4) is 0 Å². The number of amides is 2. The van der Waals surface area contributed by atoms with Crippen LogP contribution in [0, 0.1) is 0 Å². The Kier molecular flexibility index (Phi) is 4.05. The molecule has 0 aliphatic carbocycles. The summed E-state index contributed by atoms with van der Waals surface area (Å²) < 4.78 is 43.9. The number of imide groups is 1. The molecule has 0 bridgehead atoms. The van der Waals surface area contributed by atoms with Crippen molar-refractivity contribution < 1.29 is 36.9 Å². The van der Waals surface area contributed by atoms with Crippen molar-refractivity contribution in [3.63, 3.8) is 0 Å². The average Bonchev–Trinajstić information content (AvgIpc) is 3.12. The van der Waals surface area contributed by atoms with Gasteiger partial charge in [0, 0.05) is 5.92 Å². The van der Waals surface area contributed by atoms with Crippen LogP contribution < -0.4 is 0 Å². The van der Waals surface area contributed by atoms with E-state index >= 15 is 0 Å². The maximum atomic E-state index is 13.1. The van der Waals surface area contributed by atoms with E-state index in [-0.39, 0.29) is 22.0 Å². The Morgan fingerprint density at radius 1 is 1.15 bits per heavy atom. The molecule has 2 heterocycles. The van der Waals surface area contributed by atoms with Gasteiger partial charge in [-0.25, -0.2) is 4.79 Å². The highest BCUT2D eigenvalue weighted by atomic mass is 19.4. The molecule has 7 nitrogen and oxygen atoms in total. The van der Waals surface area contributed by atoms with E-state index in [0.29, 0.717) is 0 Å². The summed E-state index contributed by atoms with van der Waals surface area (Å²) in [5, 5.41) is 3.02. The van der Waals surface area contributed by atoms with Crippen LogP contribution in [-0.2, 0) is 11.0 Å². The molecule has 1 aliphatic heterocycles. The third-order valence-electron chi connectivity index (χ3n) is 3.65. The summed E-state index contributed by atoms with van der Waals surface area (Å²) in [6, 6.07) is 5.66. The van der Waals surface area contributed by atoms with Crippen molar-refractivity contribution >= 4 is 17.8 Å². The third-order valence-corrected chi connectivity index (χ3v) is 3.65. The fourth-order valence-electron chi connectivity index (χ4n) is 2.47. The Labute approximate surface area is 144 Å². The number of benzene rings is 1. The molecule has 0 unspecified atom stereocenters. The molecule has 1 aliphatic rings. The van der Waals surface area contributed by atoms with Gasteiger partial charge in [-0.3, -0.25) is 9.59 Å². The van der Waals surface area contributed by atoms with Crippen LogP contribution in [0.2, 0.25) is 0 Å². The lowest BCUT2D eigenvalue weighted by Gasteiger charge is -2.14. The number of rotatable bonds is 3. The largest absolute Gasteiger partial charge is 0.437 e. The maximum Gasteiger partial charge on any atom is 0.437 e. The Balaban J connectivity index is 1.96. The van der Waals surface area contributed by atoms with E-state index in [1.54, 1.807) is 0 Å². The first-order chi connectivity index (χ1) is 12.1. The van der Waals surface area contributed by atoms with Crippen molar-refractivity contribution in [2.24, 2.45) is 0 Å². The van der Waals surface area contributed by atoms with Gasteiger partial charge in [0.05, 0.1) is 11.1 Å². The molecule has 0 atom stereocenters. The number of hydroxylamine groups is 2. The van der Waals surface area contributed by atoms with Crippen LogP contribution in [0.1, 0.15) is 62.3 Å². The number of fused-ring (bicyclic) bond motifs is 1. The molecule has 0 spiro atoms. The number of halogens is 3. The first kappa shape index (κ1) is 17.6. The van der Waals surface area contributed by atoms with Gasteiger partial charge < -0.3 is 9.36 Å². The summed E-state index contributed by atoms with van der Waals surface area (Å²) in [4.78, 5) is 41.4. The molecule has 26 heavy (non-hydrogen) atoms. The first-order valence-electron chi connectivity index (χ1n) is 7.39. The van der Waals surface area contributed by atoms with Crippen molar-refractivity contribution in [1.29, 1.82) is 0 Å². The summed E-state index contributed by atoms with van der Waals surface area (Å²) in [6.45, 7) is 2.97. The standard InChI is InChI=1S/C16H11F3N2O5/c1-7(2)11-10(12(20-25-11)16(17,18)19)15(24)26-21-13(22)8-5-3-4-6-9(8)14(21)23/h3-7H,1-2H3. The molecule has 1 aromatic carbocycles. The summed E-state index contributed by atoms with van der Waals surface area (Å²) in [5.74, 6) is -4.44. The Hall–Kier alpha value is -3.17. The van der Waals surface area contributed by atoms with Crippen molar-refractivity contribution in [3.05, 3.63) is 52.4 Å². The van der Waals surface area contributed by atoms with E-state index in [0.717, 1.165) is 0 Å². The van der Waals surface area contributed by atoms with E-state index in [1.807, 2.05) is 0 Å². The second-order valence-corrected chi connectivity index (χ2v) is 5.75.